The molecule has 0 saturated carbocycles. The van der Waals surface area contributed by atoms with Crippen LogP contribution in [-0.4, -0.2) is 22.8 Å². The van der Waals surface area contributed by atoms with Gasteiger partial charge in [0.2, 0.25) is 5.82 Å². The van der Waals surface area contributed by atoms with E-state index in [2.05, 4.69) is 20.5 Å². The average molecular weight is 292 g/mol. The highest BCUT2D eigenvalue weighted by atomic mass is 16.5. The molecule has 0 atom stereocenters. The van der Waals surface area contributed by atoms with Crippen LogP contribution in [0.4, 0.5) is 5.82 Å². The van der Waals surface area contributed by atoms with Crippen molar-refractivity contribution in [3.63, 3.8) is 0 Å². The molecule has 0 aliphatic carbocycles. The lowest BCUT2D eigenvalue weighted by Crippen LogP contribution is -2.03. The van der Waals surface area contributed by atoms with Crippen molar-refractivity contribution in [2.24, 2.45) is 5.10 Å². The Morgan fingerprint density at radius 2 is 1.68 bits per heavy atom. The van der Waals surface area contributed by atoms with Crippen LogP contribution in [0.25, 0.3) is 11.0 Å². The summed E-state index contributed by atoms with van der Waals surface area (Å²) in [6.45, 7) is 2.43. The molecule has 0 aliphatic rings. The highest BCUT2D eigenvalue weighted by Gasteiger charge is 2.08. The monoisotopic (exact) mass is 292 g/mol. The van der Waals surface area contributed by atoms with Gasteiger partial charge in [-0.15, -0.1) is 0 Å². The Kier molecular flexibility index (Phi) is 4.25. The number of ether oxygens (including phenoxy) is 1. The third-order valence-electron chi connectivity index (χ3n) is 3.00. The molecule has 1 heterocycles. The number of nitrogens with one attached hydrogen (secondary N) is 1. The predicted octanol–water partition coefficient (Wildman–Crippen LogP) is 3.47. The quantitative estimate of drug-likeness (QED) is 0.578. The smallest absolute Gasteiger partial charge is 0.259 e. The molecule has 110 valence electrons. The molecule has 3 rings (SSSR count). The van der Waals surface area contributed by atoms with Gasteiger partial charge in [0.1, 0.15) is 0 Å². The lowest BCUT2D eigenvalue weighted by atomic mass is 10.2. The SMILES string of the molecule is CCOc1nc2ccccc2nc1N/N=C/c1ccccc1. The van der Waals surface area contributed by atoms with Gasteiger partial charge in [0.15, 0.2) is 0 Å². The topological polar surface area (TPSA) is 59.4 Å². The van der Waals surface area contributed by atoms with Crippen LogP contribution in [0.3, 0.4) is 0 Å². The van der Waals surface area contributed by atoms with Crippen molar-refractivity contribution in [2.75, 3.05) is 12.0 Å². The van der Waals surface area contributed by atoms with Crippen LogP contribution in [0, 0.1) is 0 Å². The molecule has 0 fully saturated rings. The van der Waals surface area contributed by atoms with Gasteiger partial charge in [-0.2, -0.15) is 5.10 Å². The zero-order chi connectivity index (χ0) is 15.2. The fourth-order valence-corrected chi connectivity index (χ4v) is 2.00. The maximum absolute atomic E-state index is 5.54. The molecule has 1 N–H and O–H groups in total. The van der Waals surface area contributed by atoms with Crippen molar-refractivity contribution in [1.29, 1.82) is 0 Å². The van der Waals surface area contributed by atoms with Crippen molar-refractivity contribution in [3.05, 3.63) is 60.2 Å². The van der Waals surface area contributed by atoms with Crippen LogP contribution in [0.15, 0.2) is 59.7 Å². The van der Waals surface area contributed by atoms with Gasteiger partial charge in [0.05, 0.1) is 23.9 Å². The van der Waals surface area contributed by atoms with Crippen LogP contribution in [0.5, 0.6) is 5.88 Å². The lowest BCUT2D eigenvalue weighted by molar-refractivity contribution is 0.328. The summed E-state index contributed by atoms with van der Waals surface area (Å²) >= 11 is 0. The van der Waals surface area contributed by atoms with Crippen LogP contribution in [-0.2, 0) is 0 Å². The Morgan fingerprint density at radius 1 is 1.00 bits per heavy atom. The van der Waals surface area contributed by atoms with E-state index in [0.29, 0.717) is 18.3 Å². The zero-order valence-electron chi connectivity index (χ0n) is 12.2. The Balaban J connectivity index is 1.88. The Hall–Kier alpha value is -2.95. The van der Waals surface area contributed by atoms with E-state index in [1.54, 1.807) is 6.21 Å². The van der Waals surface area contributed by atoms with Gasteiger partial charge in [-0.05, 0) is 24.6 Å². The van der Waals surface area contributed by atoms with Crippen LogP contribution in [0.1, 0.15) is 12.5 Å². The molecule has 0 radical (unpaired) electrons. The minimum absolute atomic E-state index is 0.450. The van der Waals surface area contributed by atoms with Gasteiger partial charge in [-0.25, -0.2) is 9.97 Å². The van der Waals surface area contributed by atoms with Gasteiger partial charge in [-0.1, -0.05) is 42.5 Å². The molecular weight excluding hydrogens is 276 g/mol. The number of para-hydroxylation sites is 2. The average Bonchev–Trinajstić information content (AvgIpc) is 2.56. The van der Waals surface area contributed by atoms with Crippen LogP contribution >= 0.6 is 0 Å². The lowest BCUT2D eigenvalue weighted by Gasteiger charge is -2.08. The first kappa shape index (κ1) is 14.0. The highest BCUT2D eigenvalue weighted by Crippen LogP contribution is 2.23. The van der Waals surface area contributed by atoms with E-state index in [0.717, 1.165) is 16.6 Å². The Labute approximate surface area is 128 Å². The van der Waals surface area contributed by atoms with Gasteiger partial charge in [0.25, 0.3) is 5.88 Å². The highest BCUT2D eigenvalue weighted by molar-refractivity contribution is 5.81. The number of hydrogen-bond donors (Lipinski definition) is 1. The summed E-state index contributed by atoms with van der Waals surface area (Å²) in [6.07, 6.45) is 1.73. The standard InChI is InChI=1S/C17H16N4O/c1-2-22-17-16(19-14-10-6-7-11-15(14)20-17)21-18-12-13-8-4-3-5-9-13/h3-12H,2H2,1H3,(H,19,21)/b18-12+. The second-order valence-corrected chi connectivity index (χ2v) is 4.58. The summed E-state index contributed by atoms with van der Waals surface area (Å²) < 4.78 is 5.54. The van der Waals surface area contributed by atoms with Crippen molar-refractivity contribution in [1.82, 2.24) is 9.97 Å². The molecule has 1 aromatic heterocycles. The molecule has 0 saturated heterocycles. The van der Waals surface area contributed by atoms with Gasteiger partial charge in [-0.3, -0.25) is 5.43 Å². The van der Waals surface area contributed by atoms with E-state index >= 15 is 0 Å². The number of hydrogen-bond acceptors (Lipinski definition) is 5. The number of aromatic nitrogens is 2. The summed E-state index contributed by atoms with van der Waals surface area (Å²) in [4.78, 5) is 8.98. The zero-order valence-corrected chi connectivity index (χ0v) is 12.2. The molecule has 0 bridgehead atoms. The predicted molar refractivity (Wildman–Crippen MR) is 88.4 cm³/mol. The first-order valence-electron chi connectivity index (χ1n) is 7.10. The van der Waals surface area contributed by atoms with Crippen molar-refractivity contribution >= 4 is 23.1 Å². The van der Waals surface area contributed by atoms with E-state index in [4.69, 9.17) is 4.74 Å². The van der Waals surface area contributed by atoms with Crippen molar-refractivity contribution < 1.29 is 4.74 Å². The van der Waals surface area contributed by atoms with Gasteiger partial charge >= 0.3 is 0 Å². The summed E-state index contributed by atoms with van der Waals surface area (Å²) in [6, 6.07) is 17.5. The molecule has 0 unspecified atom stereocenters. The molecule has 2 aromatic carbocycles. The fraction of sp³-hybridized carbons (Fsp3) is 0.118. The fourth-order valence-electron chi connectivity index (χ4n) is 2.00. The van der Waals surface area contributed by atoms with Crippen molar-refractivity contribution in [3.8, 4) is 5.88 Å². The molecule has 22 heavy (non-hydrogen) atoms. The molecule has 0 aliphatic heterocycles. The van der Waals surface area contributed by atoms with Crippen LogP contribution < -0.4 is 10.2 Å². The summed E-state index contributed by atoms with van der Waals surface area (Å²) in [5.74, 6) is 0.958. The van der Waals surface area contributed by atoms with Crippen molar-refractivity contribution in [2.45, 2.75) is 6.92 Å². The third-order valence-corrected chi connectivity index (χ3v) is 3.00. The van der Waals surface area contributed by atoms with Gasteiger partial charge < -0.3 is 4.74 Å². The first-order valence-corrected chi connectivity index (χ1v) is 7.10. The first-order chi connectivity index (χ1) is 10.9. The largest absolute Gasteiger partial charge is 0.475 e. The second-order valence-electron chi connectivity index (χ2n) is 4.58. The minimum atomic E-state index is 0.450. The second kappa shape index (κ2) is 6.67. The molecule has 5 heteroatoms. The van der Waals surface area contributed by atoms with E-state index in [-0.39, 0.29) is 0 Å². The molecule has 0 amide bonds. The number of anilines is 1. The van der Waals surface area contributed by atoms with E-state index < -0.39 is 0 Å². The number of rotatable bonds is 5. The van der Waals surface area contributed by atoms with Gasteiger partial charge in [0, 0.05) is 0 Å². The maximum Gasteiger partial charge on any atom is 0.259 e. The number of benzene rings is 2. The molecule has 0 spiro atoms. The van der Waals surface area contributed by atoms with E-state index in [1.807, 2.05) is 61.5 Å². The summed E-state index contributed by atoms with van der Waals surface area (Å²) in [5, 5.41) is 4.20. The normalized spacial score (nSPS) is 11.0. The van der Waals surface area contributed by atoms with Crippen LogP contribution in [0.2, 0.25) is 0 Å². The van der Waals surface area contributed by atoms with E-state index in [9.17, 15) is 0 Å². The summed E-state index contributed by atoms with van der Waals surface area (Å²) in [5.41, 5.74) is 5.50. The Morgan fingerprint density at radius 3 is 2.41 bits per heavy atom. The molecule has 3 aromatic rings. The number of fused-ring (bicyclic) bond motifs is 1. The minimum Gasteiger partial charge on any atom is -0.475 e. The molecule has 5 nitrogen and oxygen atoms in total. The Bertz CT molecular complexity index is 787. The summed E-state index contributed by atoms with van der Waals surface area (Å²) in [7, 11) is 0. The number of hydrazone groups is 1. The van der Waals surface area contributed by atoms with E-state index in [1.165, 1.54) is 0 Å². The maximum atomic E-state index is 5.54. The third kappa shape index (κ3) is 3.20. The molecular formula is C17H16N4O. The number of nitrogens with zero attached hydrogens (tertiary/aromatic N) is 3.